The van der Waals surface area contributed by atoms with Gasteiger partial charge in [-0.15, -0.1) is 0 Å². The number of amides is 1. The highest BCUT2D eigenvalue weighted by atomic mass is 16.5. The lowest BCUT2D eigenvalue weighted by molar-refractivity contribution is -0.148. The number of aliphatic imine (C=N–C) groups is 1. The predicted octanol–water partition coefficient (Wildman–Crippen LogP) is 1.32. The van der Waals surface area contributed by atoms with Crippen molar-refractivity contribution in [3.63, 3.8) is 0 Å². The van der Waals surface area contributed by atoms with Crippen molar-refractivity contribution < 1.29 is 24.2 Å². The molecule has 0 spiro atoms. The van der Waals surface area contributed by atoms with Crippen LogP contribution in [0.25, 0.3) is 0 Å². The van der Waals surface area contributed by atoms with Crippen molar-refractivity contribution in [3.05, 3.63) is 59.7 Å². The Morgan fingerprint density at radius 1 is 1.12 bits per heavy atom. The maximum atomic E-state index is 12.4. The fraction of sp³-hybridized carbons (Fsp3) is 0.273. The van der Waals surface area contributed by atoms with Gasteiger partial charge in [-0.2, -0.15) is 0 Å². The zero-order chi connectivity index (χ0) is 23.1. The number of rotatable bonds is 7. The Morgan fingerprint density at radius 2 is 1.81 bits per heavy atom. The lowest BCUT2D eigenvalue weighted by Gasteiger charge is -2.21. The number of carbonyl (C=O) groups excluding carboxylic acids is 2. The number of esters is 1. The van der Waals surface area contributed by atoms with Crippen LogP contribution in [-0.2, 0) is 16.0 Å². The number of aliphatic carboxylic acids is 1. The fourth-order valence-electron chi connectivity index (χ4n) is 3.45. The lowest BCUT2D eigenvalue weighted by Crippen LogP contribution is -2.40. The molecule has 32 heavy (non-hydrogen) atoms. The van der Waals surface area contributed by atoms with Gasteiger partial charge in [0, 0.05) is 13.0 Å². The van der Waals surface area contributed by atoms with Gasteiger partial charge in [0.05, 0.1) is 11.3 Å². The molecule has 1 fully saturated rings. The standard InChI is InChI=1S/C22H25N5O5/c23-22(26-24)25-16-8-6-15(7-9-16)21(31)32-17-10-3-14(4-11-17)5-12-19(28)27-13-1-2-18(27)20(29)30/h3-4,6-11,18H,1-2,5,12-13,24H2,(H,29,30)(H3,23,25,26)/t18-/m0/s1. The summed E-state index contributed by atoms with van der Waals surface area (Å²) in [5.74, 6) is 3.92. The van der Waals surface area contributed by atoms with Gasteiger partial charge < -0.3 is 20.5 Å². The highest BCUT2D eigenvalue weighted by Gasteiger charge is 2.33. The van der Waals surface area contributed by atoms with Gasteiger partial charge >= 0.3 is 11.9 Å². The van der Waals surface area contributed by atoms with Gasteiger partial charge in [-0.3, -0.25) is 10.2 Å². The molecule has 0 aromatic heterocycles. The van der Waals surface area contributed by atoms with Gasteiger partial charge in [0.25, 0.3) is 0 Å². The normalized spacial score (nSPS) is 16.0. The van der Waals surface area contributed by atoms with Gasteiger partial charge in [-0.25, -0.2) is 20.4 Å². The second-order valence-corrected chi connectivity index (χ2v) is 7.31. The largest absolute Gasteiger partial charge is 0.480 e. The molecule has 1 aliphatic rings. The number of nitrogens with zero attached hydrogens (tertiary/aromatic N) is 2. The van der Waals surface area contributed by atoms with E-state index in [2.05, 4.69) is 10.4 Å². The van der Waals surface area contributed by atoms with Gasteiger partial charge in [-0.1, -0.05) is 12.1 Å². The molecule has 1 aliphatic heterocycles. The van der Waals surface area contributed by atoms with Crippen LogP contribution in [0.1, 0.15) is 35.2 Å². The van der Waals surface area contributed by atoms with E-state index in [1.165, 1.54) is 4.90 Å². The first-order chi connectivity index (χ1) is 15.4. The average molecular weight is 439 g/mol. The number of benzene rings is 2. The van der Waals surface area contributed by atoms with E-state index in [-0.39, 0.29) is 18.3 Å². The van der Waals surface area contributed by atoms with Crippen molar-refractivity contribution in [2.24, 2.45) is 16.6 Å². The zero-order valence-electron chi connectivity index (χ0n) is 17.4. The number of hydrogen-bond donors (Lipinski definition) is 4. The van der Waals surface area contributed by atoms with E-state index in [9.17, 15) is 19.5 Å². The van der Waals surface area contributed by atoms with E-state index in [4.69, 9.17) is 16.3 Å². The third-order valence-electron chi connectivity index (χ3n) is 5.12. The number of hydrogen-bond acceptors (Lipinski definition) is 6. The molecule has 2 aromatic carbocycles. The molecule has 1 atom stereocenters. The van der Waals surface area contributed by atoms with Crippen molar-refractivity contribution in [1.29, 1.82) is 0 Å². The minimum Gasteiger partial charge on any atom is -0.480 e. The molecule has 0 unspecified atom stereocenters. The second kappa shape index (κ2) is 10.4. The Hall–Kier alpha value is -3.92. The van der Waals surface area contributed by atoms with E-state index in [0.717, 1.165) is 5.56 Å². The number of ether oxygens (including phenoxy) is 1. The van der Waals surface area contributed by atoms with Gasteiger partial charge in [0.1, 0.15) is 11.8 Å². The summed E-state index contributed by atoms with van der Waals surface area (Å²) in [5, 5.41) is 9.21. The minimum absolute atomic E-state index is 0.0456. The van der Waals surface area contributed by atoms with E-state index >= 15 is 0 Å². The molecule has 3 rings (SSSR count). The first-order valence-corrected chi connectivity index (χ1v) is 10.1. The third-order valence-corrected chi connectivity index (χ3v) is 5.12. The number of likely N-dealkylation sites (tertiary alicyclic amines) is 1. The molecule has 0 radical (unpaired) electrons. The first kappa shape index (κ1) is 22.8. The molecule has 168 valence electrons. The SMILES string of the molecule is NNC(N)=Nc1ccc(C(=O)Oc2ccc(CCC(=O)N3CCC[C@H]3C(=O)O)cc2)cc1. The number of nitrogens with two attached hydrogens (primary N) is 2. The molecule has 10 nitrogen and oxygen atoms in total. The number of hydrazine groups is 1. The van der Waals surface area contributed by atoms with Gasteiger partial charge in [0.15, 0.2) is 0 Å². The summed E-state index contributed by atoms with van der Waals surface area (Å²) in [7, 11) is 0. The van der Waals surface area contributed by atoms with Crippen LogP contribution in [0.5, 0.6) is 5.75 Å². The molecule has 0 saturated carbocycles. The second-order valence-electron chi connectivity index (χ2n) is 7.31. The van der Waals surface area contributed by atoms with E-state index in [1.54, 1.807) is 48.5 Å². The van der Waals surface area contributed by atoms with E-state index in [0.29, 0.717) is 42.8 Å². The molecule has 1 saturated heterocycles. The van der Waals surface area contributed by atoms with Crippen LogP contribution in [0.15, 0.2) is 53.5 Å². The summed E-state index contributed by atoms with van der Waals surface area (Å²) in [5.41, 5.74) is 9.46. The third kappa shape index (κ3) is 5.82. The number of aryl methyl sites for hydroxylation is 1. The molecule has 6 N–H and O–H groups in total. The Morgan fingerprint density at radius 3 is 2.44 bits per heavy atom. The molecular weight excluding hydrogens is 414 g/mol. The van der Waals surface area contributed by atoms with Crippen LogP contribution in [0.4, 0.5) is 5.69 Å². The quantitative estimate of drug-likeness (QED) is 0.125. The minimum atomic E-state index is -0.957. The van der Waals surface area contributed by atoms with E-state index in [1.807, 2.05) is 0 Å². The summed E-state index contributed by atoms with van der Waals surface area (Å²) < 4.78 is 5.37. The number of guanidine groups is 1. The summed E-state index contributed by atoms with van der Waals surface area (Å²) in [6.07, 6.45) is 1.90. The zero-order valence-corrected chi connectivity index (χ0v) is 17.4. The highest BCUT2D eigenvalue weighted by Crippen LogP contribution is 2.20. The van der Waals surface area contributed by atoms with Crippen LogP contribution in [-0.4, -0.2) is 46.4 Å². The number of carbonyl (C=O) groups is 3. The Kier molecular flexibility index (Phi) is 7.40. The summed E-state index contributed by atoms with van der Waals surface area (Å²) in [6.45, 7) is 0.481. The Bertz CT molecular complexity index is 1000. The van der Waals surface area contributed by atoms with Gasteiger partial charge in [-0.05, 0) is 61.2 Å². The molecule has 0 aliphatic carbocycles. The monoisotopic (exact) mass is 439 g/mol. The fourth-order valence-corrected chi connectivity index (χ4v) is 3.45. The molecule has 1 heterocycles. The molecule has 1 amide bonds. The van der Waals surface area contributed by atoms with Crippen molar-refractivity contribution in [1.82, 2.24) is 10.3 Å². The molecule has 2 aromatic rings. The van der Waals surface area contributed by atoms with E-state index < -0.39 is 18.0 Å². The predicted molar refractivity (Wildman–Crippen MR) is 117 cm³/mol. The highest BCUT2D eigenvalue weighted by molar-refractivity contribution is 5.91. The topological polar surface area (TPSA) is 160 Å². The van der Waals surface area contributed by atoms with Crippen LogP contribution < -0.4 is 21.7 Å². The van der Waals surface area contributed by atoms with Crippen LogP contribution in [0.2, 0.25) is 0 Å². The summed E-state index contributed by atoms with van der Waals surface area (Å²) in [6, 6.07) is 12.5. The maximum absolute atomic E-state index is 12.4. The molecule has 0 bridgehead atoms. The summed E-state index contributed by atoms with van der Waals surface area (Å²) in [4.78, 5) is 41.4. The first-order valence-electron chi connectivity index (χ1n) is 10.1. The summed E-state index contributed by atoms with van der Waals surface area (Å²) >= 11 is 0. The number of carboxylic acid groups (broad SMARTS) is 1. The van der Waals surface area contributed by atoms with Crippen LogP contribution in [0, 0.1) is 0 Å². The molecule has 10 heteroatoms. The maximum Gasteiger partial charge on any atom is 0.343 e. The Balaban J connectivity index is 1.52. The number of carboxylic acids is 1. The van der Waals surface area contributed by atoms with Crippen LogP contribution >= 0.6 is 0 Å². The smallest absolute Gasteiger partial charge is 0.343 e. The van der Waals surface area contributed by atoms with Gasteiger partial charge in [0.2, 0.25) is 11.9 Å². The lowest BCUT2D eigenvalue weighted by atomic mass is 10.1. The Labute approximate surface area is 184 Å². The van der Waals surface area contributed by atoms with Crippen molar-refractivity contribution >= 4 is 29.5 Å². The molecular formula is C22H25N5O5. The number of nitrogens with one attached hydrogen (secondary N) is 1. The van der Waals surface area contributed by atoms with Crippen LogP contribution in [0.3, 0.4) is 0 Å². The van der Waals surface area contributed by atoms with Crippen molar-refractivity contribution in [2.45, 2.75) is 31.7 Å². The van der Waals surface area contributed by atoms with Crippen molar-refractivity contribution in [3.8, 4) is 5.75 Å². The van der Waals surface area contributed by atoms with Crippen molar-refractivity contribution in [2.75, 3.05) is 6.54 Å². The average Bonchev–Trinajstić information content (AvgIpc) is 3.29.